The summed E-state index contributed by atoms with van der Waals surface area (Å²) in [5, 5.41) is 31.2. The molecular formula is C28H32N4O8. The number of carbonyl (C=O) groups excluding carboxylic acids is 3. The van der Waals surface area contributed by atoms with Gasteiger partial charge in [-0.3, -0.25) is 20.7 Å². The molecule has 40 heavy (non-hydrogen) atoms. The minimum absolute atomic E-state index is 0.128. The highest BCUT2D eigenvalue weighted by Crippen LogP contribution is 2.29. The molecule has 2 unspecified atom stereocenters. The predicted octanol–water partition coefficient (Wildman–Crippen LogP) is 3.82. The summed E-state index contributed by atoms with van der Waals surface area (Å²) in [5.41, 5.74) is 3.05. The molecule has 0 aliphatic rings. The zero-order chi connectivity index (χ0) is 29.1. The van der Waals surface area contributed by atoms with E-state index in [9.17, 15) is 24.6 Å². The van der Waals surface area contributed by atoms with Crippen molar-refractivity contribution in [2.75, 3.05) is 36.7 Å². The van der Waals surface area contributed by atoms with Gasteiger partial charge in [0.2, 0.25) is 6.41 Å². The molecule has 3 rings (SSSR count). The molecule has 0 spiro atoms. The number of hydrogen-bond acceptors (Lipinski definition) is 9. The molecule has 3 aromatic rings. The van der Waals surface area contributed by atoms with E-state index in [-0.39, 0.29) is 17.4 Å². The number of hydrogen-bond donors (Lipinski definition) is 6. The SMILES string of the molecule is COC(=O)Nc1ccc(C(CNC(Oc2ccc(O)c(NC=O)c2)C(C)O)c2ccc(NC(=O)OC)cc2)cc1. The van der Waals surface area contributed by atoms with E-state index < -0.39 is 24.5 Å². The number of phenolic OH excluding ortho intramolecular Hbond substituents is 1. The molecule has 12 nitrogen and oxygen atoms in total. The van der Waals surface area contributed by atoms with E-state index in [4.69, 9.17) is 4.74 Å². The van der Waals surface area contributed by atoms with Crippen LogP contribution in [0.5, 0.6) is 11.5 Å². The van der Waals surface area contributed by atoms with Gasteiger partial charge >= 0.3 is 12.2 Å². The topological polar surface area (TPSA) is 167 Å². The molecule has 0 radical (unpaired) electrons. The summed E-state index contributed by atoms with van der Waals surface area (Å²) < 4.78 is 15.2. The van der Waals surface area contributed by atoms with Gasteiger partial charge in [-0.2, -0.15) is 0 Å². The fourth-order valence-corrected chi connectivity index (χ4v) is 3.82. The van der Waals surface area contributed by atoms with Crippen molar-refractivity contribution in [2.24, 2.45) is 0 Å². The molecule has 0 aromatic heterocycles. The van der Waals surface area contributed by atoms with Gasteiger partial charge in [-0.15, -0.1) is 0 Å². The second kappa shape index (κ2) is 14.4. The second-order valence-corrected chi connectivity index (χ2v) is 8.66. The van der Waals surface area contributed by atoms with Crippen LogP contribution < -0.4 is 26.0 Å². The molecular weight excluding hydrogens is 520 g/mol. The third-order valence-corrected chi connectivity index (χ3v) is 5.90. The van der Waals surface area contributed by atoms with Crippen LogP contribution in [0, 0.1) is 0 Å². The average Bonchev–Trinajstić information content (AvgIpc) is 2.95. The van der Waals surface area contributed by atoms with Gasteiger partial charge < -0.3 is 29.7 Å². The van der Waals surface area contributed by atoms with Crippen LogP contribution in [0.3, 0.4) is 0 Å². The van der Waals surface area contributed by atoms with E-state index >= 15 is 0 Å². The Kier molecular flexibility index (Phi) is 10.7. The van der Waals surface area contributed by atoms with E-state index in [2.05, 4.69) is 30.7 Å². The maximum atomic E-state index is 11.6. The number of anilines is 3. The molecule has 6 N–H and O–H groups in total. The smallest absolute Gasteiger partial charge is 0.411 e. The Morgan fingerprint density at radius 1 is 0.875 bits per heavy atom. The maximum Gasteiger partial charge on any atom is 0.411 e. The first-order valence-electron chi connectivity index (χ1n) is 12.2. The molecule has 0 aliphatic heterocycles. The maximum absolute atomic E-state index is 11.6. The van der Waals surface area contributed by atoms with Crippen molar-refractivity contribution >= 4 is 35.7 Å². The molecule has 3 amide bonds. The van der Waals surface area contributed by atoms with Crippen molar-refractivity contribution < 1.29 is 38.8 Å². The first-order valence-corrected chi connectivity index (χ1v) is 12.2. The summed E-state index contributed by atoms with van der Waals surface area (Å²) in [7, 11) is 2.56. The van der Waals surface area contributed by atoms with Crippen LogP contribution >= 0.6 is 0 Å². The van der Waals surface area contributed by atoms with Gasteiger partial charge in [-0.25, -0.2) is 9.59 Å². The van der Waals surface area contributed by atoms with Crippen molar-refractivity contribution in [3.05, 3.63) is 77.9 Å². The van der Waals surface area contributed by atoms with E-state index in [1.165, 1.54) is 32.4 Å². The lowest BCUT2D eigenvalue weighted by molar-refractivity contribution is -0.105. The van der Waals surface area contributed by atoms with Crippen LogP contribution in [-0.4, -0.2) is 61.9 Å². The number of aromatic hydroxyl groups is 1. The van der Waals surface area contributed by atoms with E-state index in [0.29, 0.717) is 30.1 Å². The standard InChI is InChI=1S/C28H32N4O8/c1-17(34)26(40-22-12-13-25(35)24(14-22)30-16-33)29-15-23(18-4-8-20(9-5-18)31-27(36)38-2)19-6-10-21(11-7-19)32-28(37)39-3/h4-14,16-17,23,26,29,34-35H,15H2,1-3H3,(H,30,33)(H,31,36)(H,32,37). The monoisotopic (exact) mass is 552 g/mol. The molecule has 212 valence electrons. The van der Waals surface area contributed by atoms with Crippen LogP contribution in [0.1, 0.15) is 24.0 Å². The lowest BCUT2D eigenvalue weighted by Gasteiger charge is -2.27. The largest absolute Gasteiger partial charge is 0.506 e. The van der Waals surface area contributed by atoms with Crippen molar-refractivity contribution in [1.29, 1.82) is 0 Å². The quantitative estimate of drug-likeness (QED) is 0.111. The molecule has 3 aromatic carbocycles. The Morgan fingerprint density at radius 2 is 1.40 bits per heavy atom. The number of carbonyl (C=O) groups is 3. The summed E-state index contributed by atoms with van der Waals surface area (Å²) in [4.78, 5) is 34.0. The summed E-state index contributed by atoms with van der Waals surface area (Å²) in [6.07, 6.45) is -2.52. The molecule has 12 heteroatoms. The highest BCUT2D eigenvalue weighted by molar-refractivity contribution is 5.85. The number of nitrogens with one attached hydrogen (secondary N) is 4. The average molecular weight is 553 g/mol. The predicted molar refractivity (Wildman–Crippen MR) is 149 cm³/mol. The highest BCUT2D eigenvalue weighted by Gasteiger charge is 2.22. The van der Waals surface area contributed by atoms with Gasteiger partial charge in [0.25, 0.3) is 0 Å². The zero-order valence-electron chi connectivity index (χ0n) is 22.2. The summed E-state index contributed by atoms with van der Waals surface area (Å²) in [6, 6.07) is 18.7. The van der Waals surface area contributed by atoms with Crippen molar-refractivity contribution in [3.63, 3.8) is 0 Å². The summed E-state index contributed by atoms with van der Waals surface area (Å²) >= 11 is 0. The molecule has 2 atom stereocenters. The van der Waals surface area contributed by atoms with Crippen molar-refractivity contribution in [3.8, 4) is 11.5 Å². The van der Waals surface area contributed by atoms with Gasteiger partial charge in [0.05, 0.1) is 19.9 Å². The van der Waals surface area contributed by atoms with Gasteiger partial charge in [-0.1, -0.05) is 24.3 Å². The van der Waals surface area contributed by atoms with Crippen molar-refractivity contribution in [1.82, 2.24) is 5.32 Å². The van der Waals surface area contributed by atoms with Gasteiger partial charge in [-0.05, 0) is 54.4 Å². The van der Waals surface area contributed by atoms with Crippen LogP contribution in [-0.2, 0) is 14.3 Å². The minimum atomic E-state index is -0.935. The fourth-order valence-electron chi connectivity index (χ4n) is 3.82. The van der Waals surface area contributed by atoms with Crippen molar-refractivity contribution in [2.45, 2.75) is 25.2 Å². The van der Waals surface area contributed by atoms with Crippen LogP contribution in [0.15, 0.2) is 66.7 Å². The number of phenols is 1. The highest BCUT2D eigenvalue weighted by atomic mass is 16.5. The number of benzene rings is 3. The molecule has 0 saturated heterocycles. The van der Waals surface area contributed by atoms with Gasteiger partial charge in [0, 0.05) is 29.9 Å². The summed E-state index contributed by atoms with van der Waals surface area (Å²) in [5.74, 6) is -0.0544. The van der Waals surface area contributed by atoms with E-state index in [1.807, 2.05) is 24.3 Å². The molecule has 0 heterocycles. The molecule has 0 fully saturated rings. The lowest BCUT2D eigenvalue weighted by Crippen LogP contribution is -2.44. The lowest BCUT2D eigenvalue weighted by atomic mass is 9.90. The Balaban J connectivity index is 1.84. The third kappa shape index (κ3) is 8.35. The van der Waals surface area contributed by atoms with Gasteiger partial charge in [0.1, 0.15) is 17.6 Å². The van der Waals surface area contributed by atoms with E-state index in [0.717, 1.165) is 11.1 Å². The molecule has 0 bridgehead atoms. The minimum Gasteiger partial charge on any atom is -0.506 e. The first kappa shape index (κ1) is 29.7. The Morgan fingerprint density at radius 3 is 1.85 bits per heavy atom. The number of ether oxygens (including phenoxy) is 3. The Labute approximate surface area is 231 Å². The third-order valence-electron chi connectivity index (χ3n) is 5.90. The Bertz CT molecular complexity index is 1220. The van der Waals surface area contributed by atoms with Gasteiger partial charge in [0.15, 0.2) is 6.23 Å². The first-order chi connectivity index (χ1) is 19.2. The fraction of sp³-hybridized carbons (Fsp3) is 0.250. The summed E-state index contributed by atoms with van der Waals surface area (Å²) in [6.45, 7) is 1.89. The van der Waals surface area contributed by atoms with Crippen LogP contribution in [0.4, 0.5) is 26.7 Å². The Hall–Kier alpha value is -4.81. The van der Waals surface area contributed by atoms with E-state index in [1.54, 1.807) is 31.2 Å². The molecule has 0 saturated carbocycles. The zero-order valence-corrected chi connectivity index (χ0v) is 22.2. The number of methoxy groups -OCH3 is 2. The molecule has 0 aliphatic carbocycles. The second-order valence-electron chi connectivity index (χ2n) is 8.66. The number of aliphatic hydroxyl groups excluding tert-OH is 1. The van der Waals surface area contributed by atoms with Crippen LogP contribution in [0.25, 0.3) is 0 Å². The number of amides is 3. The van der Waals surface area contributed by atoms with Crippen LogP contribution in [0.2, 0.25) is 0 Å². The number of rotatable bonds is 12. The normalized spacial score (nSPS) is 12.1. The number of aliphatic hydroxyl groups is 1.